The van der Waals surface area contributed by atoms with Crippen molar-refractivity contribution >= 4 is 24.5 Å². The number of methoxy groups -OCH3 is 4. The summed E-state index contributed by atoms with van der Waals surface area (Å²) in [6.45, 7) is 11.7. The van der Waals surface area contributed by atoms with Crippen molar-refractivity contribution < 1.29 is 37.8 Å². The van der Waals surface area contributed by atoms with Crippen LogP contribution in [0.5, 0.6) is 11.5 Å². The van der Waals surface area contributed by atoms with Gasteiger partial charge in [0.1, 0.15) is 22.6 Å². The van der Waals surface area contributed by atoms with Crippen molar-refractivity contribution in [3.63, 3.8) is 0 Å². The van der Waals surface area contributed by atoms with Crippen LogP contribution in [0.2, 0.25) is 0 Å². The van der Waals surface area contributed by atoms with Gasteiger partial charge in [0.25, 0.3) is 0 Å². The van der Waals surface area contributed by atoms with Crippen LogP contribution >= 0.6 is 0 Å². The van der Waals surface area contributed by atoms with E-state index in [-0.39, 0.29) is 5.97 Å². The summed E-state index contributed by atoms with van der Waals surface area (Å²) in [5, 5.41) is 0. The van der Waals surface area contributed by atoms with Crippen molar-refractivity contribution in [2.75, 3.05) is 28.4 Å². The molecule has 190 valence electrons. The molecule has 0 radical (unpaired) electrons. The molecule has 0 N–H and O–H groups in total. The number of rotatable bonds is 5. The molecule has 0 saturated carbocycles. The highest BCUT2D eigenvalue weighted by Crippen LogP contribution is 2.37. The summed E-state index contributed by atoms with van der Waals surface area (Å²) in [7, 11) is 5.26. The van der Waals surface area contributed by atoms with Gasteiger partial charge >= 0.3 is 19.1 Å². The third-order valence-electron chi connectivity index (χ3n) is 6.30. The fraction of sp³-hybridized carbons (Fsp3) is 0.462. The Kier molecular flexibility index (Phi) is 8.97. The van der Waals surface area contributed by atoms with E-state index < -0.39 is 24.3 Å². The molecule has 0 aliphatic carbocycles. The van der Waals surface area contributed by atoms with E-state index in [1.54, 1.807) is 12.1 Å². The van der Waals surface area contributed by atoms with Gasteiger partial charge in [-0.1, -0.05) is 18.2 Å². The second kappa shape index (κ2) is 11.1. The first-order valence-corrected chi connectivity index (χ1v) is 11.2. The summed E-state index contributed by atoms with van der Waals surface area (Å²) >= 11 is 0. The minimum Gasteiger partial charge on any atom is -0.496 e. The molecule has 2 aromatic rings. The molecule has 0 amide bonds. The minimum absolute atomic E-state index is 0.366. The zero-order chi connectivity index (χ0) is 26.6. The topological polar surface area (TPSA) is 89.5 Å². The molecule has 1 fully saturated rings. The average Bonchev–Trinajstić information content (AvgIpc) is 3.04. The van der Waals surface area contributed by atoms with Crippen molar-refractivity contribution in [2.24, 2.45) is 0 Å². The number of esters is 2. The van der Waals surface area contributed by atoms with Crippen LogP contribution in [-0.2, 0) is 18.8 Å². The van der Waals surface area contributed by atoms with Gasteiger partial charge in [-0.25, -0.2) is 9.59 Å². The van der Waals surface area contributed by atoms with Gasteiger partial charge in [0, 0.05) is 0 Å². The van der Waals surface area contributed by atoms with Crippen LogP contribution < -0.4 is 14.9 Å². The molecule has 9 heteroatoms. The van der Waals surface area contributed by atoms with Crippen LogP contribution in [0, 0.1) is 13.8 Å². The molecule has 2 aromatic carbocycles. The maximum absolute atomic E-state index is 11.9. The van der Waals surface area contributed by atoms with Gasteiger partial charge in [0.15, 0.2) is 0 Å². The second-order valence-corrected chi connectivity index (χ2v) is 9.14. The largest absolute Gasteiger partial charge is 0.496 e. The molecule has 35 heavy (non-hydrogen) atoms. The first-order valence-electron chi connectivity index (χ1n) is 11.2. The normalized spacial score (nSPS) is 15.5. The molecule has 0 aromatic heterocycles. The van der Waals surface area contributed by atoms with Gasteiger partial charge in [0.05, 0.1) is 39.6 Å². The predicted octanol–water partition coefficient (Wildman–Crippen LogP) is 3.88. The first-order chi connectivity index (χ1) is 16.3. The molecular formula is C26H35BO8. The highest BCUT2D eigenvalue weighted by atomic mass is 16.7. The van der Waals surface area contributed by atoms with Gasteiger partial charge in [-0.05, 0) is 70.3 Å². The summed E-state index contributed by atoms with van der Waals surface area (Å²) < 4.78 is 31.9. The van der Waals surface area contributed by atoms with Crippen LogP contribution in [0.1, 0.15) is 59.5 Å². The van der Waals surface area contributed by atoms with Crippen LogP contribution in [0.3, 0.4) is 0 Å². The average molecular weight is 486 g/mol. The number of ether oxygens (including phenoxy) is 4. The Labute approximate surface area is 207 Å². The van der Waals surface area contributed by atoms with E-state index >= 15 is 0 Å². The lowest BCUT2D eigenvalue weighted by Crippen LogP contribution is -2.41. The van der Waals surface area contributed by atoms with E-state index in [9.17, 15) is 9.59 Å². The van der Waals surface area contributed by atoms with E-state index in [2.05, 4.69) is 4.74 Å². The SMILES string of the molecule is COC(=O)c1c(C)cc(B2OC(C)(C)C(C)(C)O2)cc1OC.COC(=O)c1c(C)cccc1OC. The van der Waals surface area contributed by atoms with E-state index in [0.29, 0.717) is 22.6 Å². The highest BCUT2D eigenvalue weighted by molar-refractivity contribution is 6.62. The molecule has 1 aliphatic rings. The Morgan fingerprint density at radius 3 is 1.69 bits per heavy atom. The Morgan fingerprint density at radius 2 is 1.23 bits per heavy atom. The molecule has 8 nitrogen and oxygen atoms in total. The first kappa shape index (κ1) is 28.2. The molecular weight excluding hydrogens is 451 g/mol. The summed E-state index contributed by atoms with van der Waals surface area (Å²) in [5.74, 6) is 0.216. The number of hydrogen-bond donors (Lipinski definition) is 0. The Morgan fingerprint density at radius 1 is 0.743 bits per heavy atom. The van der Waals surface area contributed by atoms with E-state index in [1.165, 1.54) is 28.4 Å². The third kappa shape index (κ3) is 5.97. The summed E-state index contributed by atoms with van der Waals surface area (Å²) in [6.07, 6.45) is 0. The summed E-state index contributed by atoms with van der Waals surface area (Å²) in [4.78, 5) is 23.2. The quantitative estimate of drug-likeness (QED) is 0.465. The van der Waals surface area contributed by atoms with Crippen molar-refractivity contribution in [3.8, 4) is 11.5 Å². The lowest BCUT2D eigenvalue weighted by Gasteiger charge is -2.32. The molecule has 1 heterocycles. The predicted molar refractivity (Wildman–Crippen MR) is 134 cm³/mol. The fourth-order valence-electron chi connectivity index (χ4n) is 3.60. The zero-order valence-corrected chi connectivity index (χ0v) is 22.2. The highest BCUT2D eigenvalue weighted by Gasteiger charge is 2.52. The molecule has 1 aliphatic heterocycles. The maximum atomic E-state index is 11.9. The fourth-order valence-corrected chi connectivity index (χ4v) is 3.60. The van der Waals surface area contributed by atoms with E-state index in [1.807, 2.05) is 59.7 Å². The van der Waals surface area contributed by atoms with Gasteiger partial charge in [-0.15, -0.1) is 0 Å². The lowest BCUT2D eigenvalue weighted by atomic mass is 9.77. The number of carbonyl (C=O) groups excluding carboxylic acids is 2. The number of hydrogen-bond acceptors (Lipinski definition) is 8. The minimum atomic E-state index is -0.496. The summed E-state index contributed by atoms with van der Waals surface area (Å²) in [6, 6.07) is 9.05. The van der Waals surface area contributed by atoms with Crippen molar-refractivity contribution in [3.05, 3.63) is 52.6 Å². The molecule has 0 unspecified atom stereocenters. The Bertz CT molecular complexity index is 1060. The van der Waals surface area contributed by atoms with E-state index in [4.69, 9.17) is 23.5 Å². The molecule has 0 atom stereocenters. The second-order valence-electron chi connectivity index (χ2n) is 9.14. The van der Waals surface area contributed by atoms with Gasteiger partial charge < -0.3 is 28.3 Å². The molecule has 0 bridgehead atoms. The van der Waals surface area contributed by atoms with Crippen LogP contribution in [0.4, 0.5) is 0 Å². The lowest BCUT2D eigenvalue weighted by molar-refractivity contribution is 0.00578. The Balaban J connectivity index is 0.000000283. The molecule has 1 saturated heterocycles. The Hall–Kier alpha value is -3.04. The monoisotopic (exact) mass is 486 g/mol. The molecule has 0 spiro atoms. The van der Waals surface area contributed by atoms with Crippen LogP contribution in [-0.4, -0.2) is 58.7 Å². The van der Waals surface area contributed by atoms with E-state index in [0.717, 1.165) is 16.6 Å². The van der Waals surface area contributed by atoms with Crippen LogP contribution in [0.15, 0.2) is 30.3 Å². The van der Waals surface area contributed by atoms with Gasteiger partial charge in [-0.3, -0.25) is 0 Å². The van der Waals surface area contributed by atoms with Crippen molar-refractivity contribution in [1.82, 2.24) is 0 Å². The van der Waals surface area contributed by atoms with Crippen molar-refractivity contribution in [2.45, 2.75) is 52.7 Å². The zero-order valence-electron chi connectivity index (χ0n) is 22.2. The number of aryl methyl sites for hydroxylation is 2. The van der Waals surface area contributed by atoms with Crippen molar-refractivity contribution in [1.29, 1.82) is 0 Å². The smallest absolute Gasteiger partial charge is 0.494 e. The number of carbonyl (C=O) groups is 2. The number of benzene rings is 2. The maximum Gasteiger partial charge on any atom is 0.494 e. The van der Waals surface area contributed by atoms with Gasteiger partial charge in [-0.2, -0.15) is 0 Å². The third-order valence-corrected chi connectivity index (χ3v) is 6.30. The van der Waals surface area contributed by atoms with Crippen LogP contribution in [0.25, 0.3) is 0 Å². The standard InChI is InChI=1S/C16H23BO5.C10H12O3/c1-10-8-11(9-12(19-6)13(10)14(18)20-7)17-21-15(2,3)16(4,5)22-17;1-7-5-4-6-8(12-2)9(7)10(11)13-3/h8-9H,1-7H3;4-6H,1-3H3. The van der Waals surface area contributed by atoms with Gasteiger partial charge in [0.2, 0.25) is 0 Å². The summed E-state index contributed by atoms with van der Waals surface area (Å²) in [5.41, 5.74) is 2.51. The molecule has 3 rings (SSSR count).